The number of rotatable bonds is 6. The summed E-state index contributed by atoms with van der Waals surface area (Å²) in [7, 11) is 0. The first-order valence-electron chi connectivity index (χ1n) is 5.92. The molecule has 0 aromatic carbocycles. The van der Waals surface area contributed by atoms with Gasteiger partial charge in [-0.3, -0.25) is 0 Å². The molecular weight excluding hydrogens is 246 g/mol. The molecule has 4 nitrogen and oxygen atoms in total. The zero-order valence-electron chi connectivity index (χ0n) is 10.6. The Labute approximate surface area is 111 Å². The third-order valence-corrected chi connectivity index (χ3v) is 3.20. The molecule has 5 heteroatoms. The average Bonchev–Trinajstić information content (AvgIpc) is 2.80. The average molecular weight is 263 g/mol. The molecule has 0 atom stereocenters. The Bertz CT molecular complexity index is 465. The van der Waals surface area contributed by atoms with Crippen LogP contribution in [0, 0.1) is 13.8 Å². The number of furan rings is 1. The van der Waals surface area contributed by atoms with E-state index in [0.29, 0.717) is 0 Å². The monoisotopic (exact) mass is 263 g/mol. The van der Waals surface area contributed by atoms with Crippen LogP contribution in [0.5, 0.6) is 0 Å². The number of thioether (sulfide) groups is 1. The van der Waals surface area contributed by atoms with Gasteiger partial charge in [0.2, 0.25) is 0 Å². The van der Waals surface area contributed by atoms with Crippen LogP contribution < -0.4 is 5.32 Å². The third kappa shape index (κ3) is 4.16. The fraction of sp³-hybridized carbons (Fsp3) is 0.385. The van der Waals surface area contributed by atoms with E-state index in [0.717, 1.165) is 41.1 Å². The lowest BCUT2D eigenvalue weighted by Crippen LogP contribution is -2.16. The van der Waals surface area contributed by atoms with Crippen molar-refractivity contribution in [2.75, 3.05) is 12.3 Å². The first-order valence-corrected chi connectivity index (χ1v) is 6.91. The molecule has 2 heterocycles. The summed E-state index contributed by atoms with van der Waals surface area (Å²) in [5.41, 5.74) is 2.04. The molecule has 2 aromatic rings. The van der Waals surface area contributed by atoms with Crippen molar-refractivity contribution in [3.63, 3.8) is 0 Å². The molecule has 0 aliphatic rings. The quantitative estimate of drug-likeness (QED) is 0.493. The largest absolute Gasteiger partial charge is 0.468 e. The summed E-state index contributed by atoms with van der Waals surface area (Å²) in [6.07, 6.45) is 1.69. The minimum atomic E-state index is 0.765. The van der Waals surface area contributed by atoms with Crippen molar-refractivity contribution in [1.29, 1.82) is 0 Å². The van der Waals surface area contributed by atoms with Crippen LogP contribution in [-0.4, -0.2) is 22.3 Å². The van der Waals surface area contributed by atoms with Gasteiger partial charge >= 0.3 is 0 Å². The maximum atomic E-state index is 5.24. The Kier molecular flexibility index (Phi) is 4.78. The van der Waals surface area contributed by atoms with Gasteiger partial charge in [0.25, 0.3) is 0 Å². The van der Waals surface area contributed by atoms with Gasteiger partial charge in [-0.15, -0.1) is 0 Å². The van der Waals surface area contributed by atoms with Gasteiger partial charge in [0.05, 0.1) is 12.8 Å². The minimum Gasteiger partial charge on any atom is -0.468 e. The van der Waals surface area contributed by atoms with Crippen molar-refractivity contribution in [2.45, 2.75) is 25.5 Å². The summed E-state index contributed by atoms with van der Waals surface area (Å²) in [6, 6.07) is 5.85. The van der Waals surface area contributed by atoms with Crippen LogP contribution in [0.1, 0.15) is 17.1 Å². The van der Waals surface area contributed by atoms with Crippen molar-refractivity contribution in [3.8, 4) is 0 Å². The van der Waals surface area contributed by atoms with E-state index >= 15 is 0 Å². The molecule has 0 bridgehead atoms. The van der Waals surface area contributed by atoms with Crippen molar-refractivity contribution in [2.24, 2.45) is 0 Å². The number of aromatic nitrogens is 2. The molecule has 0 aliphatic carbocycles. The molecule has 1 N–H and O–H groups in total. The van der Waals surface area contributed by atoms with E-state index in [1.54, 1.807) is 18.0 Å². The van der Waals surface area contributed by atoms with Crippen LogP contribution in [0.25, 0.3) is 0 Å². The van der Waals surface area contributed by atoms with E-state index in [9.17, 15) is 0 Å². The van der Waals surface area contributed by atoms with Crippen LogP contribution in [0.2, 0.25) is 0 Å². The first kappa shape index (κ1) is 13.1. The fourth-order valence-electron chi connectivity index (χ4n) is 1.60. The maximum Gasteiger partial charge on any atom is 0.188 e. The first-order chi connectivity index (χ1) is 8.74. The fourth-order valence-corrected chi connectivity index (χ4v) is 2.44. The Morgan fingerprint density at radius 2 is 2.06 bits per heavy atom. The molecular formula is C13H17N3OS. The Hall–Kier alpha value is -1.33. The Morgan fingerprint density at radius 3 is 2.72 bits per heavy atom. The van der Waals surface area contributed by atoms with Crippen LogP contribution in [0.3, 0.4) is 0 Å². The molecule has 18 heavy (non-hydrogen) atoms. The highest BCUT2D eigenvalue weighted by molar-refractivity contribution is 7.99. The second-order valence-corrected chi connectivity index (χ2v) is 5.10. The molecule has 0 saturated heterocycles. The second-order valence-electron chi connectivity index (χ2n) is 4.04. The second kappa shape index (κ2) is 6.56. The zero-order valence-corrected chi connectivity index (χ0v) is 11.5. The summed E-state index contributed by atoms with van der Waals surface area (Å²) >= 11 is 1.67. The predicted octanol–water partition coefficient (Wildman–Crippen LogP) is 2.57. The summed E-state index contributed by atoms with van der Waals surface area (Å²) in [5.74, 6) is 1.91. The summed E-state index contributed by atoms with van der Waals surface area (Å²) < 4.78 is 5.24. The molecule has 0 unspecified atom stereocenters. The lowest BCUT2D eigenvalue weighted by atomic mass is 10.4. The van der Waals surface area contributed by atoms with Gasteiger partial charge in [0.1, 0.15) is 5.76 Å². The summed E-state index contributed by atoms with van der Waals surface area (Å²) in [6.45, 7) is 5.66. The van der Waals surface area contributed by atoms with Crippen molar-refractivity contribution in [1.82, 2.24) is 15.3 Å². The molecule has 0 radical (unpaired) electrons. The predicted molar refractivity (Wildman–Crippen MR) is 72.6 cm³/mol. The van der Waals surface area contributed by atoms with Gasteiger partial charge in [0.15, 0.2) is 5.16 Å². The summed E-state index contributed by atoms with van der Waals surface area (Å²) in [5, 5.41) is 4.17. The molecule has 0 saturated carbocycles. The Morgan fingerprint density at radius 1 is 1.28 bits per heavy atom. The number of hydrogen-bond donors (Lipinski definition) is 1. The van der Waals surface area contributed by atoms with Crippen LogP contribution >= 0.6 is 11.8 Å². The maximum absolute atomic E-state index is 5.24. The van der Waals surface area contributed by atoms with Crippen LogP contribution in [-0.2, 0) is 6.54 Å². The zero-order chi connectivity index (χ0) is 12.8. The number of hydrogen-bond acceptors (Lipinski definition) is 5. The van der Waals surface area contributed by atoms with Gasteiger partial charge in [-0.2, -0.15) is 0 Å². The van der Waals surface area contributed by atoms with Crippen molar-refractivity contribution < 1.29 is 4.42 Å². The van der Waals surface area contributed by atoms with Gasteiger partial charge in [-0.25, -0.2) is 9.97 Å². The van der Waals surface area contributed by atoms with Gasteiger partial charge in [0, 0.05) is 23.7 Å². The molecule has 96 valence electrons. The molecule has 0 amide bonds. The topological polar surface area (TPSA) is 51.0 Å². The van der Waals surface area contributed by atoms with E-state index in [-0.39, 0.29) is 0 Å². The van der Waals surface area contributed by atoms with E-state index in [4.69, 9.17) is 4.42 Å². The highest BCUT2D eigenvalue weighted by Crippen LogP contribution is 2.13. The van der Waals surface area contributed by atoms with Crippen LogP contribution in [0.4, 0.5) is 0 Å². The molecule has 0 spiro atoms. The SMILES string of the molecule is Cc1cc(C)nc(SCCNCc2ccco2)n1. The van der Waals surface area contributed by atoms with E-state index in [1.807, 2.05) is 32.0 Å². The lowest BCUT2D eigenvalue weighted by Gasteiger charge is -2.04. The van der Waals surface area contributed by atoms with Gasteiger partial charge < -0.3 is 9.73 Å². The standard InChI is InChI=1S/C13H17N3OS/c1-10-8-11(2)16-13(15-10)18-7-5-14-9-12-4-3-6-17-12/h3-4,6,8,14H,5,7,9H2,1-2H3. The number of aryl methyl sites for hydroxylation is 2. The third-order valence-electron chi connectivity index (χ3n) is 2.35. The van der Waals surface area contributed by atoms with Crippen molar-refractivity contribution >= 4 is 11.8 Å². The molecule has 2 aromatic heterocycles. The Balaban J connectivity index is 1.68. The van der Waals surface area contributed by atoms with Crippen molar-refractivity contribution in [3.05, 3.63) is 41.6 Å². The minimum absolute atomic E-state index is 0.765. The number of nitrogens with zero attached hydrogens (tertiary/aromatic N) is 2. The van der Waals surface area contributed by atoms with E-state index < -0.39 is 0 Å². The number of nitrogens with one attached hydrogen (secondary N) is 1. The smallest absolute Gasteiger partial charge is 0.188 e. The molecule has 0 fully saturated rings. The molecule has 2 rings (SSSR count). The normalized spacial score (nSPS) is 10.8. The van der Waals surface area contributed by atoms with E-state index in [1.165, 1.54) is 0 Å². The summed E-state index contributed by atoms with van der Waals surface area (Å²) in [4.78, 5) is 8.77. The van der Waals surface area contributed by atoms with Gasteiger partial charge in [-0.1, -0.05) is 11.8 Å². The lowest BCUT2D eigenvalue weighted by molar-refractivity contribution is 0.488. The van der Waals surface area contributed by atoms with Gasteiger partial charge in [-0.05, 0) is 32.0 Å². The van der Waals surface area contributed by atoms with Crippen LogP contribution in [0.15, 0.2) is 34.0 Å². The van der Waals surface area contributed by atoms with E-state index in [2.05, 4.69) is 15.3 Å². The highest BCUT2D eigenvalue weighted by atomic mass is 32.2. The highest BCUT2D eigenvalue weighted by Gasteiger charge is 2.00. The molecule has 0 aliphatic heterocycles.